The van der Waals surface area contributed by atoms with E-state index in [-0.39, 0.29) is 17.7 Å². The number of hydrogen-bond donors (Lipinski definition) is 4. The first kappa shape index (κ1) is 27.5. The largest absolute Gasteiger partial charge is 0.507 e. The van der Waals surface area contributed by atoms with Crippen LogP contribution in [0.3, 0.4) is 0 Å². The smallest absolute Gasteiger partial charge is 0.339 e. The first-order valence-corrected chi connectivity index (χ1v) is 11.0. The molecular weight excluding hydrogens is 428 g/mol. The van der Waals surface area contributed by atoms with Crippen molar-refractivity contribution in [3.05, 3.63) is 59.7 Å². The molecule has 0 aliphatic heterocycles. The van der Waals surface area contributed by atoms with Gasteiger partial charge in [-0.1, -0.05) is 56.7 Å². The van der Waals surface area contributed by atoms with Crippen molar-refractivity contribution in [2.45, 2.75) is 57.8 Å². The molecule has 4 N–H and O–H groups in total. The van der Waals surface area contributed by atoms with E-state index in [1.54, 1.807) is 36.4 Å². The van der Waals surface area contributed by atoms with Crippen molar-refractivity contribution in [2.75, 3.05) is 6.61 Å². The van der Waals surface area contributed by atoms with Gasteiger partial charge in [0, 0.05) is 12.5 Å². The Morgan fingerprint density at radius 1 is 0.697 bits per heavy atom. The third kappa shape index (κ3) is 12.8. The first-order chi connectivity index (χ1) is 15.8. The number of phenols is 1. The summed E-state index contributed by atoms with van der Waals surface area (Å²) < 4.78 is 5.50. The Morgan fingerprint density at radius 2 is 1.27 bits per heavy atom. The van der Waals surface area contributed by atoms with E-state index in [1.807, 2.05) is 0 Å². The van der Waals surface area contributed by atoms with Crippen LogP contribution in [0.2, 0.25) is 0 Å². The van der Waals surface area contributed by atoms with Crippen molar-refractivity contribution in [1.29, 1.82) is 0 Å². The summed E-state index contributed by atoms with van der Waals surface area (Å²) >= 11 is 0. The minimum Gasteiger partial charge on any atom is -0.507 e. The predicted octanol–water partition coefficient (Wildman–Crippen LogP) is 5.45. The third-order valence-corrected chi connectivity index (χ3v) is 4.77. The number of rotatable bonds is 14. The number of carboxylic acids is 3. The number of carboxylic acid groups (broad SMARTS) is 3. The van der Waals surface area contributed by atoms with E-state index in [0.29, 0.717) is 17.9 Å². The molecule has 0 spiro atoms. The van der Waals surface area contributed by atoms with Crippen molar-refractivity contribution in [2.24, 2.45) is 0 Å². The summed E-state index contributed by atoms with van der Waals surface area (Å²) in [5, 5.41) is 35.3. The van der Waals surface area contributed by atoms with Gasteiger partial charge in [-0.05, 0) is 37.1 Å². The Bertz CT molecular complexity index is 864. The molecule has 0 atom stereocenters. The second-order valence-electron chi connectivity index (χ2n) is 7.48. The van der Waals surface area contributed by atoms with Crippen LogP contribution in [0.4, 0.5) is 0 Å². The molecular formula is C25H32O8. The maximum atomic E-state index is 10.8. The van der Waals surface area contributed by atoms with E-state index in [9.17, 15) is 19.5 Å². The lowest BCUT2D eigenvalue weighted by atomic mass is 10.1. The zero-order chi connectivity index (χ0) is 24.5. The van der Waals surface area contributed by atoms with Crippen molar-refractivity contribution in [1.82, 2.24) is 0 Å². The van der Waals surface area contributed by atoms with Crippen LogP contribution < -0.4 is 4.74 Å². The van der Waals surface area contributed by atoms with E-state index >= 15 is 0 Å². The molecule has 2 aromatic carbocycles. The topological polar surface area (TPSA) is 141 Å². The molecule has 0 saturated carbocycles. The van der Waals surface area contributed by atoms with Gasteiger partial charge in [0.25, 0.3) is 0 Å². The summed E-state index contributed by atoms with van der Waals surface area (Å²) in [6, 6.07) is 12.5. The normalized spacial score (nSPS) is 10.1. The van der Waals surface area contributed by atoms with Gasteiger partial charge in [-0.3, -0.25) is 4.79 Å². The second kappa shape index (κ2) is 16.1. The first-order valence-electron chi connectivity index (χ1n) is 11.0. The molecule has 33 heavy (non-hydrogen) atoms. The summed E-state index contributed by atoms with van der Waals surface area (Å²) in [5.41, 5.74) is 0.197. The highest BCUT2D eigenvalue weighted by molar-refractivity contribution is 5.91. The maximum Gasteiger partial charge on any atom is 0.339 e. The second-order valence-corrected chi connectivity index (χ2v) is 7.48. The summed E-state index contributed by atoms with van der Waals surface area (Å²) in [5.74, 6) is -2.59. The van der Waals surface area contributed by atoms with Crippen molar-refractivity contribution in [3.63, 3.8) is 0 Å². The lowest BCUT2D eigenvalue weighted by molar-refractivity contribution is -0.137. The standard InChI is InChI=1S/C18H26O6.C7H6O2/c19-16-13-14(10-11-15(16)18(22)23)24-12-8-6-4-2-1-3-5-7-9-17(20)21;8-7(9)6-4-2-1-3-5-6/h10-11,13,19H,1-9,12H2,(H,20,21)(H,22,23);1-5H,(H,8,9). The summed E-state index contributed by atoms with van der Waals surface area (Å²) in [7, 11) is 0. The van der Waals surface area contributed by atoms with Crippen LogP contribution in [0, 0.1) is 0 Å². The van der Waals surface area contributed by atoms with E-state index in [0.717, 1.165) is 51.4 Å². The molecule has 0 aliphatic rings. The van der Waals surface area contributed by atoms with Gasteiger partial charge >= 0.3 is 17.9 Å². The molecule has 2 rings (SSSR count). The van der Waals surface area contributed by atoms with Crippen LogP contribution in [-0.4, -0.2) is 44.9 Å². The van der Waals surface area contributed by atoms with Gasteiger partial charge in [-0.2, -0.15) is 0 Å². The SMILES string of the molecule is O=C(O)CCCCCCCCCCOc1ccc(C(=O)O)c(O)c1.O=C(O)c1ccccc1. The molecule has 0 heterocycles. The Hall–Kier alpha value is -3.55. The van der Waals surface area contributed by atoms with Gasteiger partial charge in [-0.25, -0.2) is 9.59 Å². The molecule has 0 aromatic heterocycles. The number of aromatic carboxylic acids is 2. The maximum absolute atomic E-state index is 10.8. The van der Waals surface area contributed by atoms with Gasteiger partial charge in [0.15, 0.2) is 0 Å². The fourth-order valence-electron chi connectivity index (χ4n) is 2.99. The van der Waals surface area contributed by atoms with Crippen molar-refractivity contribution < 1.29 is 39.5 Å². The monoisotopic (exact) mass is 460 g/mol. The summed E-state index contributed by atoms with van der Waals surface area (Å²) in [6.07, 6.45) is 8.42. The van der Waals surface area contributed by atoms with E-state index in [1.165, 1.54) is 12.1 Å². The molecule has 0 aliphatic carbocycles. The quantitative estimate of drug-likeness (QED) is 0.273. The molecule has 8 heteroatoms. The highest BCUT2D eigenvalue weighted by Gasteiger charge is 2.09. The van der Waals surface area contributed by atoms with Crippen LogP contribution in [0.5, 0.6) is 11.5 Å². The zero-order valence-corrected chi connectivity index (χ0v) is 18.6. The molecule has 0 bridgehead atoms. The van der Waals surface area contributed by atoms with Crippen LogP contribution in [0.1, 0.15) is 78.5 Å². The van der Waals surface area contributed by atoms with Gasteiger partial charge in [0.1, 0.15) is 17.1 Å². The highest BCUT2D eigenvalue weighted by atomic mass is 16.5. The lowest BCUT2D eigenvalue weighted by Gasteiger charge is -2.07. The van der Waals surface area contributed by atoms with E-state index in [4.69, 9.17) is 20.1 Å². The van der Waals surface area contributed by atoms with Crippen molar-refractivity contribution >= 4 is 17.9 Å². The number of carbonyl (C=O) groups is 3. The Balaban J connectivity index is 0.000000502. The minimum atomic E-state index is -1.16. The highest BCUT2D eigenvalue weighted by Crippen LogP contribution is 2.23. The lowest BCUT2D eigenvalue weighted by Crippen LogP contribution is -2.00. The molecule has 0 radical (unpaired) electrons. The number of unbranched alkanes of at least 4 members (excludes halogenated alkanes) is 7. The Kier molecular flexibility index (Phi) is 13.4. The van der Waals surface area contributed by atoms with Crippen molar-refractivity contribution in [3.8, 4) is 11.5 Å². The van der Waals surface area contributed by atoms with E-state index < -0.39 is 17.9 Å². The average molecular weight is 461 g/mol. The van der Waals surface area contributed by atoms with Gasteiger partial charge in [0.2, 0.25) is 0 Å². The van der Waals surface area contributed by atoms with Crippen LogP contribution in [0.25, 0.3) is 0 Å². The van der Waals surface area contributed by atoms with Crippen LogP contribution in [0.15, 0.2) is 48.5 Å². The minimum absolute atomic E-state index is 0.134. The van der Waals surface area contributed by atoms with Gasteiger partial charge in [0.05, 0.1) is 12.2 Å². The third-order valence-electron chi connectivity index (χ3n) is 4.77. The number of aliphatic carboxylic acids is 1. The molecule has 8 nitrogen and oxygen atoms in total. The van der Waals surface area contributed by atoms with Gasteiger partial charge < -0.3 is 25.2 Å². The number of aromatic hydroxyl groups is 1. The number of ether oxygens (including phenoxy) is 1. The summed E-state index contributed by atoms with van der Waals surface area (Å²) in [6.45, 7) is 0.532. The van der Waals surface area contributed by atoms with Crippen LogP contribution >= 0.6 is 0 Å². The Labute approximate surface area is 193 Å². The van der Waals surface area contributed by atoms with Gasteiger partial charge in [-0.15, -0.1) is 0 Å². The number of benzene rings is 2. The fraction of sp³-hybridized carbons (Fsp3) is 0.400. The molecule has 0 unspecified atom stereocenters. The van der Waals surface area contributed by atoms with Crippen LogP contribution in [-0.2, 0) is 4.79 Å². The molecule has 0 fully saturated rings. The molecule has 2 aromatic rings. The average Bonchev–Trinajstić information content (AvgIpc) is 2.78. The number of hydrogen-bond acceptors (Lipinski definition) is 5. The Morgan fingerprint density at radius 3 is 1.76 bits per heavy atom. The fourth-order valence-corrected chi connectivity index (χ4v) is 2.99. The molecule has 180 valence electrons. The predicted molar refractivity (Wildman–Crippen MR) is 123 cm³/mol. The summed E-state index contributed by atoms with van der Waals surface area (Å²) in [4.78, 5) is 31.3. The molecule has 0 saturated heterocycles. The zero-order valence-electron chi connectivity index (χ0n) is 18.6. The van der Waals surface area contributed by atoms with E-state index in [2.05, 4.69) is 0 Å². The molecule has 0 amide bonds.